The van der Waals surface area contributed by atoms with Crippen LogP contribution < -0.4 is 10.1 Å². The van der Waals surface area contributed by atoms with Gasteiger partial charge in [-0.05, 0) is 69.6 Å². The van der Waals surface area contributed by atoms with Crippen LogP contribution in [0.1, 0.15) is 96.5 Å². The van der Waals surface area contributed by atoms with E-state index in [1.165, 1.54) is 12.5 Å². The molecule has 2 aliphatic carbocycles. The Balaban J connectivity index is 1.38. The largest absolute Gasteiger partial charge is 0.490 e. The van der Waals surface area contributed by atoms with Crippen LogP contribution in [-0.4, -0.2) is 39.9 Å². The summed E-state index contributed by atoms with van der Waals surface area (Å²) in [6.45, 7) is 7.45. The van der Waals surface area contributed by atoms with Crippen molar-refractivity contribution in [3.63, 3.8) is 0 Å². The number of nitrogens with zero attached hydrogens (tertiary/aromatic N) is 1. The maximum atomic E-state index is 14.5. The number of rotatable bonds is 8. The zero-order valence-corrected chi connectivity index (χ0v) is 29.0. The SMILES string of the molecule is C=C[C@@H]1C[C@]1(NC(=O)[C@@H]1C[C@@H]2CC1C(=O)[C@H](CCCC)CC(=O)CCCCCCc1ccc3nc(-c4ccccc4)cc(c3c1)O2)C(C)=O. The van der Waals surface area contributed by atoms with Gasteiger partial charge in [0.1, 0.15) is 29.0 Å². The van der Waals surface area contributed by atoms with Crippen LogP contribution in [0.5, 0.6) is 5.75 Å². The van der Waals surface area contributed by atoms with Crippen LogP contribution in [0, 0.1) is 23.7 Å². The highest BCUT2D eigenvalue weighted by Crippen LogP contribution is 2.47. The van der Waals surface area contributed by atoms with E-state index in [0.717, 1.165) is 67.1 Å². The second kappa shape index (κ2) is 15.2. The quantitative estimate of drug-likeness (QED) is 0.244. The molecule has 2 heterocycles. The number of carbonyl (C=O) groups excluding carboxylic acids is 4. The first-order valence-corrected chi connectivity index (χ1v) is 18.4. The molecular formula is C42H50N2O5. The average Bonchev–Trinajstić information content (AvgIpc) is 3.67. The Hall–Kier alpha value is -4.13. The Labute approximate surface area is 290 Å². The molecule has 49 heavy (non-hydrogen) atoms. The van der Waals surface area contributed by atoms with Gasteiger partial charge in [0.15, 0.2) is 5.78 Å². The second-order valence-electron chi connectivity index (χ2n) is 14.6. The molecule has 3 aliphatic rings. The minimum absolute atomic E-state index is 0.0195. The van der Waals surface area contributed by atoms with Gasteiger partial charge in [0.2, 0.25) is 5.91 Å². The van der Waals surface area contributed by atoms with Crippen LogP contribution >= 0.6 is 0 Å². The van der Waals surface area contributed by atoms with Crippen molar-refractivity contribution in [2.75, 3.05) is 0 Å². The van der Waals surface area contributed by atoms with Gasteiger partial charge in [-0.3, -0.25) is 19.2 Å². The van der Waals surface area contributed by atoms with Crippen LogP contribution in [0.15, 0.2) is 67.3 Å². The maximum Gasteiger partial charge on any atom is 0.224 e. The Morgan fingerprint density at radius 2 is 1.80 bits per heavy atom. The first-order valence-electron chi connectivity index (χ1n) is 18.4. The van der Waals surface area contributed by atoms with E-state index in [2.05, 4.69) is 37.0 Å². The highest BCUT2D eigenvalue weighted by Gasteiger charge is 2.59. The molecule has 0 spiro atoms. The zero-order valence-electron chi connectivity index (χ0n) is 29.0. The summed E-state index contributed by atoms with van der Waals surface area (Å²) >= 11 is 0. The summed E-state index contributed by atoms with van der Waals surface area (Å²) in [4.78, 5) is 59.6. The molecule has 6 atom stereocenters. The lowest BCUT2D eigenvalue weighted by molar-refractivity contribution is -0.137. The molecule has 3 aromatic rings. The van der Waals surface area contributed by atoms with E-state index < -0.39 is 29.4 Å². The third-order valence-electron chi connectivity index (χ3n) is 11.1. The number of ether oxygens (including phenoxy) is 1. The first kappa shape index (κ1) is 34.7. The molecule has 1 amide bonds. The summed E-state index contributed by atoms with van der Waals surface area (Å²) in [6.07, 6.45) is 10.4. The molecule has 1 N–H and O–H groups in total. The van der Waals surface area contributed by atoms with E-state index in [1.54, 1.807) is 6.08 Å². The highest BCUT2D eigenvalue weighted by atomic mass is 16.5. The van der Waals surface area contributed by atoms with E-state index in [0.29, 0.717) is 37.9 Å². The number of ketones is 3. The molecule has 6 rings (SSSR count). The predicted molar refractivity (Wildman–Crippen MR) is 192 cm³/mol. The van der Waals surface area contributed by atoms with Crippen molar-refractivity contribution in [3.8, 4) is 17.0 Å². The van der Waals surface area contributed by atoms with E-state index in [4.69, 9.17) is 9.72 Å². The molecule has 1 aromatic heterocycles. The van der Waals surface area contributed by atoms with Crippen LogP contribution in [0.4, 0.5) is 0 Å². The van der Waals surface area contributed by atoms with Crippen molar-refractivity contribution >= 4 is 34.2 Å². The molecule has 1 aliphatic heterocycles. The molecule has 7 nitrogen and oxygen atoms in total. The topological polar surface area (TPSA) is 102 Å². The number of aryl methyl sites for hydroxylation is 1. The van der Waals surface area contributed by atoms with Crippen LogP contribution in [0.3, 0.4) is 0 Å². The normalized spacial score (nSPS) is 27.6. The number of hydrogen-bond donors (Lipinski definition) is 1. The molecule has 1 unspecified atom stereocenters. The van der Waals surface area contributed by atoms with E-state index in [1.807, 2.05) is 36.4 Å². The standard InChI is InChI=1S/C42H50N2O5/c1-4-6-15-30-22-32(46)18-13-8-7-10-14-28-19-20-37-36(21-28)39(25-38(43-37)29-16-11-9-12-17-29)49-33-23-34(40(30)47)35(24-33)41(48)44-42(27(3)45)26-31(42)5-2/h5,9,11-12,16-17,19-21,25,30-31,33-35H,2,4,6-8,10,13-15,18,22-24,26H2,1,3H3,(H,44,48)/t30-,31-,33+,34?,35-,42+/m1/s1. The summed E-state index contributed by atoms with van der Waals surface area (Å²) in [5.74, 6) is -1.42. The molecule has 0 radical (unpaired) electrons. The van der Waals surface area contributed by atoms with E-state index in [9.17, 15) is 19.2 Å². The Morgan fingerprint density at radius 1 is 1.02 bits per heavy atom. The Kier molecular flexibility index (Phi) is 10.8. The number of amides is 1. The fourth-order valence-corrected chi connectivity index (χ4v) is 8.12. The van der Waals surface area contributed by atoms with Gasteiger partial charge in [-0.2, -0.15) is 0 Å². The summed E-state index contributed by atoms with van der Waals surface area (Å²) in [5.41, 5.74) is 2.85. The first-order chi connectivity index (χ1) is 23.7. The average molecular weight is 663 g/mol. The molecule has 258 valence electrons. The molecule has 2 fully saturated rings. The lowest BCUT2D eigenvalue weighted by Gasteiger charge is -2.25. The maximum absolute atomic E-state index is 14.5. The van der Waals surface area contributed by atoms with Gasteiger partial charge in [0, 0.05) is 47.6 Å². The number of Topliss-reactive ketones (excluding diaryl/α,β-unsaturated/α-hetero) is 3. The third-order valence-corrected chi connectivity index (χ3v) is 11.1. The van der Waals surface area contributed by atoms with Crippen LogP contribution in [0.2, 0.25) is 0 Å². The molecule has 2 aromatic carbocycles. The highest BCUT2D eigenvalue weighted by molar-refractivity contribution is 5.98. The monoisotopic (exact) mass is 662 g/mol. The van der Waals surface area contributed by atoms with Gasteiger partial charge >= 0.3 is 0 Å². The minimum Gasteiger partial charge on any atom is -0.490 e. The molecule has 4 bridgehead atoms. The van der Waals surface area contributed by atoms with Gasteiger partial charge in [-0.25, -0.2) is 4.98 Å². The summed E-state index contributed by atoms with van der Waals surface area (Å²) in [6, 6.07) is 18.3. The number of aromatic nitrogens is 1. The number of unbranched alkanes of at least 4 members (excludes halogenated alkanes) is 1. The summed E-state index contributed by atoms with van der Waals surface area (Å²) in [7, 11) is 0. The van der Waals surface area contributed by atoms with Gasteiger partial charge in [-0.15, -0.1) is 6.58 Å². The fraction of sp³-hybridized carbons (Fsp3) is 0.500. The van der Waals surface area contributed by atoms with Gasteiger partial charge in [0.05, 0.1) is 17.1 Å². The van der Waals surface area contributed by atoms with Crippen LogP contribution in [-0.2, 0) is 25.6 Å². The van der Waals surface area contributed by atoms with Gasteiger partial charge in [-0.1, -0.05) is 75.1 Å². The fourth-order valence-electron chi connectivity index (χ4n) is 8.12. The number of hydrogen-bond acceptors (Lipinski definition) is 6. The molecular weight excluding hydrogens is 612 g/mol. The van der Waals surface area contributed by atoms with Crippen LogP contribution in [0.25, 0.3) is 22.2 Å². The van der Waals surface area contributed by atoms with Crippen molar-refractivity contribution in [1.82, 2.24) is 10.3 Å². The molecule has 2 saturated carbocycles. The van der Waals surface area contributed by atoms with E-state index >= 15 is 0 Å². The van der Waals surface area contributed by atoms with Crippen molar-refractivity contribution in [3.05, 3.63) is 72.8 Å². The second-order valence-corrected chi connectivity index (χ2v) is 14.6. The lowest BCUT2D eigenvalue weighted by Crippen LogP contribution is -2.48. The zero-order chi connectivity index (χ0) is 34.5. The van der Waals surface area contributed by atoms with Gasteiger partial charge in [0.25, 0.3) is 0 Å². The number of nitrogens with one attached hydrogen (secondary N) is 1. The molecule has 0 saturated heterocycles. The van der Waals surface area contributed by atoms with Crippen molar-refractivity contribution < 1.29 is 23.9 Å². The Morgan fingerprint density at radius 3 is 2.51 bits per heavy atom. The third kappa shape index (κ3) is 7.71. The summed E-state index contributed by atoms with van der Waals surface area (Å²) < 4.78 is 6.86. The summed E-state index contributed by atoms with van der Waals surface area (Å²) in [5, 5.41) is 3.99. The lowest BCUT2D eigenvalue weighted by atomic mass is 9.80. The van der Waals surface area contributed by atoms with Crippen molar-refractivity contribution in [2.24, 2.45) is 23.7 Å². The Bertz CT molecular complexity index is 1720. The number of benzene rings is 2. The van der Waals surface area contributed by atoms with E-state index in [-0.39, 0.29) is 35.6 Å². The number of carbonyl (C=O) groups is 4. The van der Waals surface area contributed by atoms with Gasteiger partial charge < -0.3 is 10.1 Å². The number of pyridine rings is 1. The van der Waals surface area contributed by atoms with Crippen molar-refractivity contribution in [1.29, 1.82) is 0 Å². The number of fused-ring (bicyclic) bond motifs is 3. The predicted octanol–water partition coefficient (Wildman–Crippen LogP) is 8.17. The smallest absolute Gasteiger partial charge is 0.224 e. The van der Waals surface area contributed by atoms with Crippen molar-refractivity contribution in [2.45, 2.75) is 109 Å². The minimum atomic E-state index is -0.961. The molecule has 7 heteroatoms.